The molecule has 0 saturated heterocycles. The number of nitrogens with zero attached hydrogens (tertiary/aromatic N) is 1. The lowest BCUT2D eigenvalue weighted by molar-refractivity contribution is -0.115. The number of hydrogen-bond donors (Lipinski definition) is 3. The summed E-state index contributed by atoms with van der Waals surface area (Å²) in [7, 11) is 0. The molecule has 3 amide bonds. The molecule has 0 aliphatic carbocycles. The first kappa shape index (κ1) is 34.2. The molecule has 5 aromatic carbocycles. The highest BCUT2D eigenvalue weighted by Gasteiger charge is 2.18. The van der Waals surface area contributed by atoms with Crippen molar-refractivity contribution in [3.05, 3.63) is 144 Å². The van der Waals surface area contributed by atoms with Gasteiger partial charge in [0.05, 0.1) is 22.1 Å². The van der Waals surface area contributed by atoms with E-state index < -0.39 is 17.1 Å². The topological polar surface area (TPSA) is 109 Å². The van der Waals surface area contributed by atoms with Crippen molar-refractivity contribution in [3.8, 4) is 16.9 Å². The number of amides is 3. The molecule has 8 nitrogen and oxygen atoms in total. The molecule has 0 saturated carbocycles. The molecule has 0 bridgehead atoms. The number of anilines is 2. The molecular weight excluding hydrogens is 665 g/mol. The van der Waals surface area contributed by atoms with Crippen LogP contribution in [0, 0.1) is 0 Å². The van der Waals surface area contributed by atoms with Crippen LogP contribution < -0.4 is 20.7 Å². The number of thiazole rings is 1. The summed E-state index contributed by atoms with van der Waals surface area (Å²) in [6, 6.07) is 39.4. The van der Waals surface area contributed by atoms with Gasteiger partial charge in [-0.05, 0) is 91.2 Å². The van der Waals surface area contributed by atoms with Gasteiger partial charge < -0.3 is 20.7 Å². The van der Waals surface area contributed by atoms with E-state index in [0.29, 0.717) is 23.0 Å². The maximum Gasteiger partial charge on any atom is 0.272 e. The predicted molar refractivity (Wildman–Crippen MR) is 204 cm³/mol. The van der Waals surface area contributed by atoms with Crippen LogP contribution >= 0.6 is 23.1 Å². The fourth-order valence-electron chi connectivity index (χ4n) is 5.01. The molecule has 0 fully saturated rings. The van der Waals surface area contributed by atoms with Crippen molar-refractivity contribution in [2.24, 2.45) is 0 Å². The minimum Gasteiger partial charge on any atom is -0.494 e. The van der Waals surface area contributed by atoms with E-state index in [1.165, 1.54) is 23.1 Å². The van der Waals surface area contributed by atoms with Gasteiger partial charge in [0.25, 0.3) is 11.8 Å². The summed E-state index contributed by atoms with van der Waals surface area (Å²) in [6.45, 7) is 4.34. The number of thioether (sulfide) groups is 1. The average Bonchev–Trinajstić information content (AvgIpc) is 3.54. The van der Waals surface area contributed by atoms with Gasteiger partial charge in [-0.25, -0.2) is 4.98 Å². The van der Waals surface area contributed by atoms with Crippen LogP contribution in [0.2, 0.25) is 0 Å². The van der Waals surface area contributed by atoms with E-state index in [2.05, 4.69) is 20.9 Å². The van der Waals surface area contributed by atoms with Gasteiger partial charge in [0.1, 0.15) is 11.4 Å². The molecule has 1 heterocycles. The van der Waals surface area contributed by atoms with Gasteiger partial charge >= 0.3 is 0 Å². The third-order valence-electron chi connectivity index (χ3n) is 7.55. The third-order valence-corrected chi connectivity index (χ3v) is 9.60. The number of aromatic nitrogens is 1. The van der Waals surface area contributed by atoms with Crippen molar-refractivity contribution in [3.63, 3.8) is 0 Å². The van der Waals surface area contributed by atoms with Crippen molar-refractivity contribution in [2.45, 2.75) is 24.0 Å². The third kappa shape index (κ3) is 8.84. The second kappa shape index (κ2) is 16.1. The first-order valence-electron chi connectivity index (χ1n) is 16.0. The summed E-state index contributed by atoms with van der Waals surface area (Å²) in [6.07, 6.45) is 1.65. The van der Waals surface area contributed by atoms with Crippen molar-refractivity contribution < 1.29 is 19.1 Å². The highest BCUT2D eigenvalue weighted by molar-refractivity contribution is 8.00. The quantitative estimate of drug-likeness (QED) is 0.0870. The van der Waals surface area contributed by atoms with Crippen molar-refractivity contribution in [2.75, 3.05) is 17.2 Å². The maximum absolute atomic E-state index is 13.5. The Labute approximate surface area is 298 Å². The highest BCUT2D eigenvalue weighted by atomic mass is 32.2. The Kier molecular flexibility index (Phi) is 11.0. The van der Waals surface area contributed by atoms with Crippen LogP contribution in [0.1, 0.15) is 29.8 Å². The van der Waals surface area contributed by atoms with E-state index in [1.54, 1.807) is 42.5 Å². The zero-order valence-electron chi connectivity index (χ0n) is 27.4. The molecule has 1 aromatic heterocycles. The number of hydrogen-bond acceptors (Lipinski definition) is 7. The van der Waals surface area contributed by atoms with E-state index in [0.717, 1.165) is 37.6 Å². The van der Waals surface area contributed by atoms with Crippen LogP contribution in [0.3, 0.4) is 0 Å². The number of fused-ring (bicyclic) bond motifs is 1. The summed E-state index contributed by atoms with van der Waals surface area (Å²) in [5.41, 5.74) is 4.74. The SMILES string of the molecule is CCOc1ccc2nc(NC(=O)C(C)Sc3ccc(NC(=O)/C(=C/c4ccc(-c5ccccc5)cc4)NC(=O)c4ccccc4)cc3)sc2c1. The smallest absolute Gasteiger partial charge is 0.272 e. The van der Waals surface area contributed by atoms with E-state index in [-0.39, 0.29) is 11.6 Å². The van der Waals surface area contributed by atoms with Crippen molar-refractivity contribution in [1.82, 2.24) is 10.3 Å². The standard InChI is InChI=1S/C40H34N4O4S2/c1-3-48-32-20-23-34-36(25-32)50-40(43-34)44-37(45)26(2)49-33-21-18-31(19-22-33)41-39(47)35(42-38(46)30-12-8-5-9-13-30)24-27-14-16-29(17-15-27)28-10-6-4-7-11-28/h4-26H,3H2,1-2H3,(H,41,47)(H,42,46)(H,43,44,45)/b35-24-. The Morgan fingerprint density at radius 1 is 0.820 bits per heavy atom. The zero-order chi connectivity index (χ0) is 34.9. The fourth-order valence-corrected chi connectivity index (χ4v) is 6.77. The molecule has 250 valence electrons. The van der Waals surface area contributed by atoms with Crippen LogP contribution in [0.15, 0.2) is 138 Å². The van der Waals surface area contributed by atoms with E-state index in [4.69, 9.17) is 4.74 Å². The number of benzene rings is 5. The van der Waals surface area contributed by atoms with Crippen LogP contribution in [-0.4, -0.2) is 34.6 Å². The van der Waals surface area contributed by atoms with Gasteiger partial charge in [-0.15, -0.1) is 11.8 Å². The largest absolute Gasteiger partial charge is 0.494 e. The molecule has 0 radical (unpaired) electrons. The molecule has 6 rings (SSSR count). The summed E-state index contributed by atoms with van der Waals surface area (Å²) in [4.78, 5) is 45.0. The Morgan fingerprint density at radius 3 is 2.20 bits per heavy atom. The number of ether oxygens (including phenoxy) is 1. The lowest BCUT2D eigenvalue weighted by Crippen LogP contribution is -2.30. The number of carbonyl (C=O) groups is 3. The lowest BCUT2D eigenvalue weighted by atomic mass is 10.0. The van der Waals surface area contributed by atoms with Gasteiger partial charge in [-0.1, -0.05) is 84.1 Å². The Bertz CT molecular complexity index is 2130. The molecule has 10 heteroatoms. The van der Waals surface area contributed by atoms with Crippen LogP contribution in [-0.2, 0) is 9.59 Å². The number of carbonyl (C=O) groups excluding carboxylic acids is 3. The summed E-state index contributed by atoms with van der Waals surface area (Å²) in [5, 5.41) is 8.72. The van der Waals surface area contributed by atoms with E-state index >= 15 is 0 Å². The summed E-state index contributed by atoms with van der Waals surface area (Å²) >= 11 is 2.79. The number of rotatable bonds is 12. The molecule has 0 spiro atoms. The van der Waals surface area contributed by atoms with Crippen LogP contribution in [0.5, 0.6) is 5.75 Å². The van der Waals surface area contributed by atoms with Gasteiger partial charge in [-0.3, -0.25) is 14.4 Å². The van der Waals surface area contributed by atoms with Gasteiger partial charge in [0.15, 0.2) is 5.13 Å². The highest BCUT2D eigenvalue weighted by Crippen LogP contribution is 2.31. The molecular formula is C40H34N4O4S2. The van der Waals surface area contributed by atoms with Crippen molar-refractivity contribution >= 4 is 67.9 Å². The molecule has 1 atom stereocenters. The predicted octanol–water partition coefficient (Wildman–Crippen LogP) is 8.89. The Morgan fingerprint density at radius 2 is 1.50 bits per heavy atom. The molecule has 3 N–H and O–H groups in total. The summed E-state index contributed by atoms with van der Waals surface area (Å²) < 4.78 is 6.50. The average molecular weight is 699 g/mol. The van der Waals surface area contributed by atoms with E-state index in [9.17, 15) is 14.4 Å². The van der Waals surface area contributed by atoms with Crippen LogP contribution in [0.25, 0.3) is 27.4 Å². The second-order valence-corrected chi connectivity index (χ2v) is 13.6. The molecule has 50 heavy (non-hydrogen) atoms. The minimum atomic E-state index is -0.473. The normalized spacial score (nSPS) is 11.8. The Balaban J connectivity index is 1.11. The first-order valence-corrected chi connectivity index (χ1v) is 17.7. The van der Waals surface area contributed by atoms with E-state index in [1.807, 2.05) is 105 Å². The van der Waals surface area contributed by atoms with Gasteiger partial charge in [0, 0.05) is 16.1 Å². The van der Waals surface area contributed by atoms with Gasteiger partial charge in [0.2, 0.25) is 5.91 Å². The molecule has 0 aliphatic heterocycles. The minimum absolute atomic E-state index is 0.0963. The fraction of sp³-hybridized carbons (Fsp3) is 0.100. The lowest BCUT2D eigenvalue weighted by Gasteiger charge is -2.13. The van der Waals surface area contributed by atoms with Crippen LogP contribution in [0.4, 0.5) is 10.8 Å². The monoisotopic (exact) mass is 698 g/mol. The molecule has 1 unspecified atom stereocenters. The molecule has 6 aromatic rings. The first-order chi connectivity index (χ1) is 24.3. The zero-order valence-corrected chi connectivity index (χ0v) is 29.0. The Hall–Kier alpha value is -5.71. The maximum atomic E-state index is 13.5. The second-order valence-electron chi connectivity index (χ2n) is 11.2. The summed E-state index contributed by atoms with van der Waals surface area (Å²) in [5.74, 6) is -0.271. The van der Waals surface area contributed by atoms with Gasteiger partial charge in [-0.2, -0.15) is 0 Å². The number of nitrogens with one attached hydrogen (secondary N) is 3. The van der Waals surface area contributed by atoms with Crippen molar-refractivity contribution in [1.29, 1.82) is 0 Å². The molecule has 0 aliphatic rings.